The van der Waals surface area contributed by atoms with Crippen molar-refractivity contribution in [1.82, 2.24) is 24.6 Å². The second-order valence-electron chi connectivity index (χ2n) is 8.85. The number of fused-ring (bicyclic) bond motifs is 3. The number of hydrogen-bond donors (Lipinski definition) is 1. The molecule has 1 aliphatic rings. The third kappa shape index (κ3) is 3.90. The van der Waals surface area contributed by atoms with Crippen LogP contribution in [-0.2, 0) is 6.54 Å². The smallest absolute Gasteiger partial charge is 0.318 e. The molecule has 2 amide bonds. The Morgan fingerprint density at radius 3 is 2.47 bits per heavy atom. The van der Waals surface area contributed by atoms with Crippen LogP contribution < -0.4 is 5.32 Å². The van der Waals surface area contributed by atoms with Gasteiger partial charge in [0.2, 0.25) is 0 Å². The maximum Gasteiger partial charge on any atom is 0.318 e. The van der Waals surface area contributed by atoms with Gasteiger partial charge in [0, 0.05) is 22.7 Å². The van der Waals surface area contributed by atoms with E-state index >= 15 is 0 Å². The number of rotatable bonds is 4. The standard InChI is InChI=1S/C27H29N5OS/c1-18(2)28-27(33)31-17-23-19(3)29-32(21-9-6-5-7-10-21)26(23)30-16-8-11-24(30)25(31)20-12-14-22(34-4)15-13-20/h5-16,18,25H,17H2,1-4H3,(H,28,33). The van der Waals surface area contributed by atoms with Gasteiger partial charge in [0.15, 0.2) is 0 Å². The van der Waals surface area contributed by atoms with E-state index in [0.717, 1.165) is 34.0 Å². The maximum atomic E-state index is 13.6. The van der Waals surface area contributed by atoms with Crippen LogP contribution in [0, 0.1) is 6.92 Å². The van der Waals surface area contributed by atoms with Crippen molar-refractivity contribution in [3.05, 3.63) is 95.4 Å². The molecule has 0 saturated heterocycles. The monoisotopic (exact) mass is 471 g/mol. The van der Waals surface area contributed by atoms with Gasteiger partial charge in [-0.2, -0.15) is 5.10 Å². The minimum absolute atomic E-state index is 0.0367. The number of nitrogens with one attached hydrogen (secondary N) is 1. The molecule has 34 heavy (non-hydrogen) atoms. The Morgan fingerprint density at radius 2 is 1.79 bits per heavy atom. The zero-order chi connectivity index (χ0) is 23.8. The van der Waals surface area contributed by atoms with Crippen LogP contribution in [0.4, 0.5) is 4.79 Å². The number of thioether (sulfide) groups is 1. The Balaban J connectivity index is 1.73. The number of carbonyl (C=O) groups excluding carboxylic acids is 1. The molecule has 0 saturated carbocycles. The number of aromatic nitrogens is 3. The first-order valence-electron chi connectivity index (χ1n) is 11.5. The van der Waals surface area contributed by atoms with Gasteiger partial charge in [-0.3, -0.25) is 0 Å². The highest BCUT2D eigenvalue weighted by molar-refractivity contribution is 7.98. The molecule has 1 N–H and O–H groups in total. The van der Waals surface area contributed by atoms with Gasteiger partial charge in [-0.1, -0.05) is 30.3 Å². The Labute approximate surface area is 204 Å². The molecule has 7 heteroatoms. The van der Waals surface area contributed by atoms with Crippen molar-refractivity contribution in [2.45, 2.75) is 44.3 Å². The lowest BCUT2D eigenvalue weighted by Gasteiger charge is -2.31. The van der Waals surface area contributed by atoms with Crippen molar-refractivity contribution < 1.29 is 4.79 Å². The molecule has 0 fully saturated rings. The van der Waals surface area contributed by atoms with Crippen molar-refractivity contribution in [2.75, 3.05) is 6.26 Å². The molecule has 2 aromatic carbocycles. The summed E-state index contributed by atoms with van der Waals surface area (Å²) in [7, 11) is 0. The number of urea groups is 1. The Hall–Kier alpha value is -3.45. The third-order valence-electron chi connectivity index (χ3n) is 6.19. The summed E-state index contributed by atoms with van der Waals surface area (Å²) in [6.07, 6.45) is 4.14. The number of nitrogens with zero attached hydrogens (tertiary/aromatic N) is 4. The van der Waals surface area contributed by atoms with E-state index < -0.39 is 0 Å². The fraction of sp³-hybridized carbons (Fsp3) is 0.259. The molecule has 3 heterocycles. The Bertz CT molecular complexity index is 1310. The van der Waals surface area contributed by atoms with Crippen molar-refractivity contribution in [1.29, 1.82) is 0 Å². The van der Waals surface area contributed by atoms with Crippen LogP contribution in [0.2, 0.25) is 0 Å². The van der Waals surface area contributed by atoms with E-state index in [4.69, 9.17) is 5.10 Å². The van der Waals surface area contributed by atoms with Gasteiger partial charge in [0.05, 0.1) is 29.7 Å². The topological polar surface area (TPSA) is 55.1 Å². The maximum absolute atomic E-state index is 13.6. The normalized spacial score (nSPS) is 15.1. The first-order chi connectivity index (χ1) is 16.5. The summed E-state index contributed by atoms with van der Waals surface area (Å²) in [4.78, 5) is 16.7. The van der Waals surface area contributed by atoms with Gasteiger partial charge in [-0.25, -0.2) is 9.48 Å². The van der Waals surface area contributed by atoms with Gasteiger partial charge in [-0.05, 0) is 69.0 Å². The van der Waals surface area contributed by atoms with E-state index in [1.54, 1.807) is 11.8 Å². The lowest BCUT2D eigenvalue weighted by molar-refractivity contribution is 0.178. The quantitative estimate of drug-likeness (QED) is 0.388. The summed E-state index contributed by atoms with van der Waals surface area (Å²) in [6.45, 7) is 6.46. The number of para-hydroxylation sites is 1. The molecule has 0 bridgehead atoms. The molecule has 0 spiro atoms. The largest absolute Gasteiger partial charge is 0.336 e. The minimum Gasteiger partial charge on any atom is -0.336 e. The molecule has 6 nitrogen and oxygen atoms in total. The van der Waals surface area contributed by atoms with Crippen LogP contribution in [0.5, 0.6) is 0 Å². The van der Waals surface area contributed by atoms with E-state index in [2.05, 4.69) is 64.8 Å². The summed E-state index contributed by atoms with van der Waals surface area (Å²) in [6, 6.07) is 22.6. The first kappa shape index (κ1) is 22.3. The average molecular weight is 472 g/mol. The molecule has 0 aliphatic carbocycles. The van der Waals surface area contributed by atoms with Crippen LogP contribution >= 0.6 is 11.8 Å². The molecule has 1 unspecified atom stereocenters. The van der Waals surface area contributed by atoms with E-state index in [0.29, 0.717) is 6.54 Å². The molecule has 4 aromatic rings. The average Bonchev–Trinajstić information content (AvgIpc) is 3.40. The van der Waals surface area contributed by atoms with Gasteiger partial charge >= 0.3 is 6.03 Å². The lowest BCUT2D eigenvalue weighted by Crippen LogP contribution is -2.44. The first-order valence-corrected chi connectivity index (χ1v) is 12.7. The van der Waals surface area contributed by atoms with E-state index in [-0.39, 0.29) is 18.1 Å². The van der Waals surface area contributed by atoms with Crippen LogP contribution in [0.25, 0.3) is 11.5 Å². The minimum atomic E-state index is -0.235. The predicted octanol–water partition coefficient (Wildman–Crippen LogP) is 5.72. The molecule has 1 atom stereocenters. The highest BCUT2D eigenvalue weighted by atomic mass is 32.2. The molecule has 2 aromatic heterocycles. The summed E-state index contributed by atoms with van der Waals surface area (Å²) < 4.78 is 4.18. The number of aryl methyl sites for hydroxylation is 1. The predicted molar refractivity (Wildman–Crippen MR) is 137 cm³/mol. The fourth-order valence-corrected chi connectivity index (χ4v) is 5.02. The second-order valence-corrected chi connectivity index (χ2v) is 9.73. The van der Waals surface area contributed by atoms with Crippen LogP contribution in [0.1, 0.15) is 42.4 Å². The summed E-state index contributed by atoms with van der Waals surface area (Å²) in [5.41, 5.74) is 5.07. The van der Waals surface area contributed by atoms with Crippen molar-refractivity contribution in [2.24, 2.45) is 0 Å². The number of hydrogen-bond acceptors (Lipinski definition) is 3. The van der Waals surface area contributed by atoms with Gasteiger partial charge in [0.25, 0.3) is 0 Å². The van der Waals surface area contributed by atoms with Crippen molar-refractivity contribution in [3.63, 3.8) is 0 Å². The highest BCUT2D eigenvalue weighted by Crippen LogP contribution is 2.38. The lowest BCUT2D eigenvalue weighted by atomic mass is 10.0. The fourth-order valence-electron chi connectivity index (χ4n) is 4.62. The number of amides is 2. The van der Waals surface area contributed by atoms with Crippen molar-refractivity contribution >= 4 is 17.8 Å². The van der Waals surface area contributed by atoms with E-state index in [1.165, 1.54) is 4.90 Å². The number of benzene rings is 2. The van der Waals surface area contributed by atoms with E-state index in [1.807, 2.05) is 54.6 Å². The van der Waals surface area contributed by atoms with E-state index in [9.17, 15) is 4.79 Å². The summed E-state index contributed by atoms with van der Waals surface area (Å²) >= 11 is 1.71. The van der Waals surface area contributed by atoms with Gasteiger partial charge in [-0.15, -0.1) is 11.8 Å². The zero-order valence-electron chi connectivity index (χ0n) is 19.9. The second kappa shape index (κ2) is 9.06. The molecule has 174 valence electrons. The van der Waals surface area contributed by atoms with Crippen molar-refractivity contribution in [3.8, 4) is 11.5 Å². The SMILES string of the molecule is CSc1ccc(C2c3cccn3-c3c(c(C)nn3-c3ccccc3)CN2C(=O)NC(C)C)cc1. The van der Waals surface area contributed by atoms with Crippen LogP contribution in [0.15, 0.2) is 77.8 Å². The molecular weight excluding hydrogens is 442 g/mol. The molecule has 5 rings (SSSR count). The third-order valence-corrected chi connectivity index (χ3v) is 6.93. The van der Waals surface area contributed by atoms with Crippen LogP contribution in [-0.4, -0.2) is 37.6 Å². The summed E-state index contributed by atoms with van der Waals surface area (Å²) in [5, 5.41) is 8.01. The Morgan fingerprint density at radius 1 is 1.06 bits per heavy atom. The summed E-state index contributed by atoms with van der Waals surface area (Å²) in [5.74, 6) is 0.981. The zero-order valence-corrected chi connectivity index (χ0v) is 20.7. The highest BCUT2D eigenvalue weighted by Gasteiger charge is 2.36. The van der Waals surface area contributed by atoms with Crippen LogP contribution in [0.3, 0.4) is 0 Å². The Kier molecular flexibility index (Phi) is 5.96. The number of carbonyl (C=O) groups is 1. The molecule has 0 radical (unpaired) electrons. The van der Waals surface area contributed by atoms with Gasteiger partial charge in [0.1, 0.15) is 5.82 Å². The molecule has 1 aliphatic heterocycles. The van der Waals surface area contributed by atoms with Gasteiger partial charge < -0.3 is 14.8 Å². The molecular formula is C27H29N5OS.